The Morgan fingerprint density at radius 3 is 2.71 bits per heavy atom. The van der Waals surface area contributed by atoms with E-state index in [1.54, 1.807) is 24.0 Å². The maximum atomic E-state index is 11.1. The van der Waals surface area contributed by atoms with Crippen molar-refractivity contribution in [3.05, 3.63) is 40.2 Å². The van der Waals surface area contributed by atoms with E-state index in [0.29, 0.717) is 5.39 Å². The van der Waals surface area contributed by atoms with Crippen molar-refractivity contribution in [2.75, 3.05) is 18.1 Å². The highest BCUT2D eigenvalue weighted by molar-refractivity contribution is 7.99. The number of fused-ring (bicyclic) bond motifs is 1. The highest BCUT2D eigenvalue weighted by Gasteiger charge is 2.18. The molecule has 5 nitrogen and oxygen atoms in total. The number of thioether (sulfide) groups is 1. The predicted octanol–water partition coefficient (Wildman–Crippen LogP) is 4.00. The lowest BCUT2D eigenvalue weighted by atomic mass is 10.1. The first kappa shape index (κ1) is 15.6. The van der Waals surface area contributed by atoms with E-state index in [1.807, 2.05) is 13.0 Å². The quantitative estimate of drug-likeness (QED) is 0.668. The van der Waals surface area contributed by atoms with Crippen molar-refractivity contribution in [2.45, 2.75) is 25.5 Å². The largest absolute Gasteiger partial charge is 0.383 e. The first-order chi connectivity index (χ1) is 9.84. The van der Waals surface area contributed by atoms with Crippen LogP contribution in [0, 0.1) is 17.0 Å². The second kappa shape index (κ2) is 5.89. The minimum Gasteiger partial charge on any atom is -0.383 e. The molecule has 0 bridgehead atoms. The molecule has 1 aromatic heterocycles. The van der Waals surface area contributed by atoms with Crippen molar-refractivity contribution >= 4 is 33.9 Å². The van der Waals surface area contributed by atoms with Crippen LogP contribution in [-0.2, 0) is 0 Å². The number of nitrogens with zero attached hydrogens (tertiary/aromatic N) is 2. The number of pyridine rings is 1. The van der Waals surface area contributed by atoms with Gasteiger partial charge < -0.3 is 5.32 Å². The third kappa shape index (κ3) is 3.44. The Labute approximate surface area is 128 Å². The van der Waals surface area contributed by atoms with Crippen molar-refractivity contribution in [3.8, 4) is 0 Å². The van der Waals surface area contributed by atoms with Crippen LogP contribution >= 0.6 is 11.8 Å². The number of aromatic nitrogens is 1. The van der Waals surface area contributed by atoms with Crippen LogP contribution in [0.15, 0.2) is 24.4 Å². The number of nitrogens with one attached hydrogen (secondary N) is 1. The van der Waals surface area contributed by atoms with Gasteiger partial charge in [-0.3, -0.25) is 15.1 Å². The van der Waals surface area contributed by atoms with E-state index in [1.165, 1.54) is 6.07 Å². The molecule has 0 aliphatic heterocycles. The molecule has 0 saturated heterocycles. The second-order valence-corrected chi connectivity index (χ2v) is 7.09. The molecule has 1 aromatic carbocycles. The van der Waals surface area contributed by atoms with Gasteiger partial charge in [-0.05, 0) is 39.2 Å². The molecule has 0 aliphatic rings. The SMILES string of the molecule is CSC(C)(C)CNc1ccc([N+](=O)[O-])c2cnc(C)cc12. The van der Waals surface area contributed by atoms with Gasteiger partial charge in [0.05, 0.1) is 10.3 Å². The highest BCUT2D eigenvalue weighted by Crippen LogP contribution is 2.32. The first-order valence-electron chi connectivity index (χ1n) is 6.67. The molecule has 0 spiro atoms. The summed E-state index contributed by atoms with van der Waals surface area (Å²) >= 11 is 1.78. The van der Waals surface area contributed by atoms with Crippen molar-refractivity contribution in [1.82, 2.24) is 4.98 Å². The molecule has 0 unspecified atom stereocenters. The van der Waals surface area contributed by atoms with Crippen molar-refractivity contribution < 1.29 is 4.92 Å². The average molecular weight is 305 g/mol. The standard InChI is InChI=1S/C15H19N3O2S/c1-10-7-11-12(8-16-10)14(18(19)20)6-5-13(11)17-9-15(2,3)21-4/h5-8,17H,9H2,1-4H3. The molecule has 0 saturated carbocycles. The van der Waals surface area contributed by atoms with Gasteiger partial charge in [0.25, 0.3) is 5.69 Å². The number of hydrogen-bond donors (Lipinski definition) is 1. The summed E-state index contributed by atoms with van der Waals surface area (Å²) in [4.78, 5) is 14.9. The number of non-ortho nitro benzene ring substituents is 1. The Kier molecular flexibility index (Phi) is 4.37. The van der Waals surface area contributed by atoms with Gasteiger partial charge in [-0.2, -0.15) is 11.8 Å². The molecular weight excluding hydrogens is 286 g/mol. The van der Waals surface area contributed by atoms with Crippen LogP contribution < -0.4 is 5.32 Å². The third-order valence-corrected chi connectivity index (χ3v) is 4.72. The fraction of sp³-hybridized carbons (Fsp3) is 0.400. The van der Waals surface area contributed by atoms with Gasteiger partial charge in [-0.25, -0.2) is 0 Å². The molecule has 0 fully saturated rings. The van der Waals surface area contributed by atoms with Crippen LogP contribution in [0.1, 0.15) is 19.5 Å². The summed E-state index contributed by atoms with van der Waals surface area (Å²) < 4.78 is 0.0934. The first-order valence-corrected chi connectivity index (χ1v) is 7.89. The molecule has 0 radical (unpaired) electrons. The normalized spacial score (nSPS) is 11.6. The number of anilines is 1. The zero-order valence-electron chi connectivity index (χ0n) is 12.6. The van der Waals surface area contributed by atoms with E-state index < -0.39 is 0 Å². The Morgan fingerprint density at radius 2 is 2.10 bits per heavy atom. The monoisotopic (exact) mass is 305 g/mol. The molecular formula is C15H19N3O2S. The molecule has 21 heavy (non-hydrogen) atoms. The maximum absolute atomic E-state index is 11.1. The number of nitro benzene ring substituents is 1. The molecule has 0 amide bonds. The van der Waals surface area contributed by atoms with E-state index in [-0.39, 0.29) is 15.4 Å². The van der Waals surface area contributed by atoms with Gasteiger partial charge in [0, 0.05) is 40.3 Å². The number of nitro groups is 1. The van der Waals surface area contributed by atoms with Gasteiger partial charge >= 0.3 is 0 Å². The van der Waals surface area contributed by atoms with Crippen molar-refractivity contribution in [1.29, 1.82) is 0 Å². The lowest BCUT2D eigenvalue weighted by Gasteiger charge is -2.23. The fourth-order valence-corrected chi connectivity index (χ4v) is 2.24. The molecule has 1 N–H and O–H groups in total. The molecule has 2 aromatic rings. The lowest BCUT2D eigenvalue weighted by Crippen LogP contribution is -2.25. The van der Waals surface area contributed by atoms with E-state index >= 15 is 0 Å². The average Bonchev–Trinajstić information content (AvgIpc) is 2.44. The molecule has 112 valence electrons. The number of hydrogen-bond acceptors (Lipinski definition) is 5. The summed E-state index contributed by atoms with van der Waals surface area (Å²) in [6, 6.07) is 5.20. The van der Waals surface area contributed by atoms with Gasteiger partial charge in [0.1, 0.15) is 0 Å². The molecule has 0 atom stereocenters. The molecule has 0 aliphatic carbocycles. The van der Waals surface area contributed by atoms with E-state index in [2.05, 4.69) is 30.4 Å². The summed E-state index contributed by atoms with van der Waals surface area (Å²) in [6.07, 6.45) is 3.65. The Bertz CT molecular complexity index is 686. The number of aryl methyl sites for hydroxylation is 1. The minimum absolute atomic E-state index is 0.0900. The second-order valence-electron chi connectivity index (χ2n) is 5.58. The summed E-state index contributed by atoms with van der Waals surface area (Å²) in [5.74, 6) is 0. The smallest absolute Gasteiger partial charge is 0.278 e. The predicted molar refractivity (Wildman–Crippen MR) is 89.2 cm³/mol. The topological polar surface area (TPSA) is 68.1 Å². The van der Waals surface area contributed by atoms with Gasteiger partial charge in [-0.15, -0.1) is 0 Å². The zero-order chi connectivity index (χ0) is 15.6. The lowest BCUT2D eigenvalue weighted by molar-refractivity contribution is -0.383. The highest BCUT2D eigenvalue weighted by atomic mass is 32.2. The van der Waals surface area contributed by atoms with Gasteiger partial charge in [0.2, 0.25) is 0 Å². The molecule has 2 rings (SSSR count). The fourth-order valence-electron chi connectivity index (χ4n) is 2.02. The summed E-state index contributed by atoms with van der Waals surface area (Å²) in [7, 11) is 0. The van der Waals surface area contributed by atoms with Crippen LogP contribution in [-0.4, -0.2) is 27.5 Å². The molecule has 6 heteroatoms. The van der Waals surface area contributed by atoms with Crippen LogP contribution in [0.25, 0.3) is 10.8 Å². The van der Waals surface area contributed by atoms with E-state index in [9.17, 15) is 10.1 Å². The van der Waals surface area contributed by atoms with Crippen molar-refractivity contribution in [3.63, 3.8) is 0 Å². The minimum atomic E-state index is -0.366. The van der Waals surface area contributed by atoms with E-state index in [0.717, 1.165) is 23.3 Å². The van der Waals surface area contributed by atoms with Crippen LogP contribution in [0.5, 0.6) is 0 Å². The third-order valence-electron chi connectivity index (χ3n) is 3.47. The van der Waals surface area contributed by atoms with Gasteiger partial charge in [-0.1, -0.05) is 0 Å². The Balaban J connectivity index is 2.48. The number of benzene rings is 1. The van der Waals surface area contributed by atoms with E-state index in [4.69, 9.17) is 0 Å². The summed E-state index contributed by atoms with van der Waals surface area (Å²) in [5, 5.41) is 15.9. The van der Waals surface area contributed by atoms with Gasteiger partial charge in [0.15, 0.2) is 0 Å². The van der Waals surface area contributed by atoms with Crippen molar-refractivity contribution in [2.24, 2.45) is 0 Å². The summed E-state index contributed by atoms with van der Waals surface area (Å²) in [6.45, 7) is 6.98. The molecule has 1 heterocycles. The zero-order valence-corrected chi connectivity index (χ0v) is 13.5. The van der Waals surface area contributed by atoms with Crippen LogP contribution in [0.4, 0.5) is 11.4 Å². The Morgan fingerprint density at radius 1 is 1.38 bits per heavy atom. The Hall–Kier alpha value is -1.82. The summed E-state index contributed by atoms with van der Waals surface area (Å²) in [5.41, 5.74) is 1.84. The number of rotatable bonds is 5. The maximum Gasteiger partial charge on any atom is 0.278 e. The van der Waals surface area contributed by atoms with Crippen LogP contribution in [0.2, 0.25) is 0 Å². The van der Waals surface area contributed by atoms with Crippen LogP contribution in [0.3, 0.4) is 0 Å².